The van der Waals surface area contributed by atoms with Crippen LogP contribution in [0.2, 0.25) is 5.02 Å². The van der Waals surface area contributed by atoms with Crippen LogP contribution in [0, 0.1) is 12.7 Å². The number of hydrogen-bond acceptors (Lipinski definition) is 5. The van der Waals surface area contributed by atoms with E-state index >= 15 is 0 Å². The molecule has 7 nitrogen and oxygen atoms in total. The monoisotopic (exact) mass is 520 g/mol. The average molecular weight is 521 g/mol. The SMILES string of the molecule is COc1ccc(-c2cc3c(N[C@H]4CC[C@H](N)CC4)c(/C(N)=N/c4cc(F)ccc4Cl)cnn3c2)c(C)c1. The van der Waals surface area contributed by atoms with Crippen molar-refractivity contribution in [1.29, 1.82) is 0 Å². The summed E-state index contributed by atoms with van der Waals surface area (Å²) in [6, 6.07) is 12.6. The molecule has 5 N–H and O–H groups in total. The summed E-state index contributed by atoms with van der Waals surface area (Å²) < 4.78 is 21.1. The first-order valence-electron chi connectivity index (χ1n) is 12.3. The summed E-state index contributed by atoms with van der Waals surface area (Å²) >= 11 is 6.25. The fourth-order valence-electron chi connectivity index (χ4n) is 4.87. The molecule has 1 aliphatic carbocycles. The number of fused-ring (bicyclic) bond motifs is 1. The molecule has 2 aromatic carbocycles. The lowest BCUT2D eigenvalue weighted by atomic mass is 9.91. The van der Waals surface area contributed by atoms with E-state index in [0.717, 1.165) is 59.3 Å². The zero-order chi connectivity index (χ0) is 26.1. The Labute approximate surface area is 220 Å². The van der Waals surface area contributed by atoms with Gasteiger partial charge < -0.3 is 21.5 Å². The summed E-state index contributed by atoms with van der Waals surface area (Å²) in [5.41, 5.74) is 18.4. The van der Waals surface area contributed by atoms with Gasteiger partial charge in [0.25, 0.3) is 0 Å². The Morgan fingerprint density at radius 1 is 1.16 bits per heavy atom. The summed E-state index contributed by atoms with van der Waals surface area (Å²) in [7, 11) is 1.66. The molecule has 1 aliphatic rings. The Hall–Kier alpha value is -3.62. The number of aromatic nitrogens is 2. The van der Waals surface area contributed by atoms with Crippen LogP contribution in [0.3, 0.4) is 0 Å². The highest BCUT2D eigenvalue weighted by molar-refractivity contribution is 6.33. The van der Waals surface area contributed by atoms with E-state index in [0.29, 0.717) is 10.6 Å². The minimum absolute atomic E-state index is 0.195. The highest BCUT2D eigenvalue weighted by Gasteiger charge is 2.22. The van der Waals surface area contributed by atoms with Crippen molar-refractivity contribution in [2.75, 3.05) is 12.4 Å². The zero-order valence-corrected chi connectivity index (χ0v) is 21.6. The molecule has 0 radical (unpaired) electrons. The van der Waals surface area contributed by atoms with Crippen LogP contribution in [0.4, 0.5) is 15.8 Å². The van der Waals surface area contributed by atoms with Crippen molar-refractivity contribution in [2.45, 2.75) is 44.7 Å². The van der Waals surface area contributed by atoms with Crippen LogP contribution in [-0.2, 0) is 0 Å². The number of aryl methyl sites for hydroxylation is 1. The van der Waals surface area contributed by atoms with Crippen LogP contribution >= 0.6 is 11.6 Å². The molecule has 1 fully saturated rings. The molecule has 2 aromatic heterocycles. The lowest BCUT2D eigenvalue weighted by Gasteiger charge is -2.28. The van der Waals surface area contributed by atoms with Crippen LogP contribution < -0.4 is 21.5 Å². The minimum Gasteiger partial charge on any atom is -0.497 e. The first-order chi connectivity index (χ1) is 17.8. The predicted octanol–water partition coefficient (Wildman–Crippen LogP) is 5.83. The van der Waals surface area contributed by atoms with Gasteiger partial charge in [0.05, 0.1) is 40.8 Å². The molecule has 0 unspecified atom stereocenters. The van der Waals surface area contributed by atoms with Gasteiger partial charge in [-0.2, -0.15) is 5.10 Å². The number of hydrogen-bond donors (Lipinski definition) is 3. The summed E-state index contributed by atoms with van der Waals surface area (Å²) in [4.78, 5) is 4.46. The molecule has 1 saturated carbocycles. The maximum absolute atomic E-state index is 13.9. The molecule has 192 valence electrons. The molecule has 37 heavy (non-hydrogen) atoms. The fourth-order valence-corrected chi connectivity index (χ4v) is 5.03. The lowest BCUT2D eigenvalue weighted by molar-refractivity contribution is 0.411. The summed E-state index contributed by atoms with van der Waals surface area (Å²) in [5.74, 6) is 0.566. The molecule has 2 heterocycles. The second-order valence-electron chi connectivity index (χ2n) is 9.52. The van der Waals surface area contributed by atoms with E-state index in [9.17, 15) is 4.39 Å². The van der Waals surface area contributed by atoms with Crippen molar-refractivity contribution in [3.63, 3.8) is 0 Å². The van der Waals surface area contributed by atoms with Gasteiger partial charge in [-0.05, 0) is 74.1 Å². The van der Waals surface area contributed by atoms with Gasteiger partial charge in [-0.15, -0.1) is 0 Å². The van der Waals surface area contributed by atoms with E-state index in [1.54, 1.807) is 13.3 Å². The van der Waals surface area contributed by atoms with Crippen LogP contribution in [0.1, 0.15) is 36.8 Å². The standard InChI is InChI=1S/C28H30ClFN6O/c1-16-11-21(37-2)8-9-22(16)17-12-26-27(34-20-6-4-19(31)5-7-20)23(14-33-36(26)15-17)28(32)35-25-13-18(30)3-10-24(25)29/h3,8-15,19-20,34H,4-7,31H2,1-2H3,(H2,32,35)/t19-,20-. The molecule has 9 heteroatoms. The normalized spacial score (nSPS) is 18.2. The summed E-state index contributed by atoms with van der Waals surface area (Å²) in [5, 5.41) is 8.64. The third-order valence-electron chi connectivity index (χ3n) is 6.93. The van der Waals surface area contributed by atoms with Gasteiger partial charge in [0.2, 0.25) is 0 Å². The molecule has 0 saturated heterocycles. The first-order valence-corrected chi connectivity index (χ1v) is 12.7. The molecule has 0 spiro atoms. The lowest BCUT2D eigenvalue weighted by Crippen LogP contribution is -2.33. The number of anilines is 1. The number of benzene rings is 2. The van der Waals surface area contributed by atoms with Crippen molar-refractivity contribution >= 4 is 34.3 Å². The smallest absolute Gasteiger partial charge is 0.135 e. The predicted molar refractivity (Wildman–Crippen MR) is 148 cm³/mol. The fraction of sp³-hybridized carbons (Fsp3) is 0.286. The van der Waals surface area contributed by atoms with Gasteiger partial charge in [0.15, 0.2) is 0 Å². The van der Waals surface area contributed by atoms with Gasteiger partial charge >= 0.3 is 0 Å². The van der Waals surface area contributed by atoms with Gasteiger partial charge in [-0.1, -0.05) is 17.7 Å². The summed E-state index contributed by atoms with van der Waals surface area (Å²) in [6.07, 6.45) is 7.48. The number of halogens is 2. The highest BCUT2D eigenvalue weighted by atomic mass is 35.5. The van der Waals surface area contributed by atoms with Crippen molar-refractivity contribution < 1.29 is 9.13 Å². The van der Waals surface area contributed by atoms with Gasteiger partial charge in [-0.3, -0.25) is 0 Å². The van der Waals surface area contributed by atoms with E-state index in [2.05, 4.69) is 28.4 Å². The molecular formula is C28H30ClFN6O. The maximum atomic E-state index is 13.9. The van der Waals surface area contributed by atoms with E-state index in [1.165, 1.54) is 18.2 Å². The van der Waals surface area contributed by atoms with Crippen molar-refractivity contribution in [2.24, 2.45) is 16.5 Å². The number of aliphatic imine (C=N–C) groups is 1. The van der Waals surface area contributed by atoms with E-state index in [-0.39, 0.29) is 23.6 Å². The van der Waals surface area contributed by atoms with Crippen LogP contribution in [0.25, 0.3) is 16.6 Å². The third kappa shape index (κ3) is 5.26. The maximum Gasteiger partial charge on any atom is 0.135 e. The molecule has 5 rings (SSSR count). The van der Waals surface area contributed by atoms with Gasteiger partial charge in [-0.25, -0.2) is 13.9 Å². The van der Waals surface area contributed by atoms with Crippen LogP contribution in [0.15, 0.2) is 59.9 Å². The quantitative estimate of drug-likeness (QED) is 0.219. The van der Waals surface area contributed by atoms with Gasteiger partial charge in [0, 0.05) is 29.9 Å². The minimum atomic E-state index is -0.437. The number of rotatable bonds is 6. The van der Waals surface area contributed by atoms with E-state index < -0.39 is 5.82 Å². The van der Waals surface area contributed by atoms with E-state index in [1.807, 2.05) is 28.9 Å². The molecule has 0 bridgehead atoms. The van der Waals surface area contributed by atoms with Crippen LogP contribution in [-0.4, -0.2) is 34.6 Å². The number of methoxy groups -OCH3 is 1. The Bertz CT molecular complexity index is 1480. The number of nitrogens with zero attached hydrogens (tertiary/aromatic N) is 3. The first kappa shape index (κ1) is 25.0. The number of ether oxygens (including phenoxy) is 1. The van der Waals surface area contributed by atoms with E-state index in [4.69, 9.17) is 27.8 Å². The Morgan fingerprint density at radius 2 is 1.95 bits per heavy atom. The molecule has 4 aromatic rings. The molecule has 0 atom stereocenters. The Balaban J connectivity index is 1.62. The van der Waals surface area contributed by atoms with Crippen molar-refractivity contribution in [1.82, 2.24) is 9.61 Å². The topological polar surface area (TPSA) is 103 Å². The average Bonchev–Trinajstić information content (AvgIpc) is 3.32. The second-order valence-corrected chi connectivity index (χ2v) is 9.93. The van der Waals surface area contributed by atoms with Crippen LogP contribution in [0.5, 0.6) is 5.75 Å². The zero-order valence-electron chi connectivity index (χ0n) is 20.8. The number of nitrogens with one attached hydrogen (secondary N) is 1. The third-order valence-corrected chi connectivity index (χ3v) is 7.25. The largest absolute Gasteiger partial charge is 0.497 e. The van der Waals surface area contributed by atoms with Gasteiger partial charge in [0.1, 0.15) is 17.4 Å². The molecule has 0 amide bonds. The second kappa shape index (κ2) is 10.4. The number of amidine groups is 1. The summed E-state index contributed by atoms with van der Waals surface area (Å²) in [6.45, 7) is 2.05. The molecular weight excluding hydrogens is 491 g/mol. The highest BCUT2D eigenvalue weighted by Crippen LogP contribution is 2.34. The number of nitrogens with two attached hydrogens (primary N) is 2. The molecule has 0 aliphatic heterocycles. The van der Waals surface area contributed by atoms with Crippen molar-refractivity contribution in [3.05, 3.63) is 76.8 Å². The Morgan fingerprint density at radius 3 is 2.68 bits per heavy atom. The Kier molecular flexibility index (Phi) is 7.04. The van der Waals surface area contributed by atoms with Crippen molar-refractivity contribution in [3.8, 4) is 16.9 Å².